The number of hydrogen-bond donors (Lipinski definition) is 3. The van der Waals surface area contributed by atoms with E-state index in [0.29, 0.717) is 26.0 Å². The van der Waals surface area contributed by atoms with Gasteiger partial charge in [0.15, 0.2) is 0 Å². The summed E-state index contributed by atoms with van der Waals surface area (Å²) in [7, 11) is 0. The highest BCUT2D eigenvalue weighted by molar-refractivity contribution is 5.86. The second-order valence-electron chi connectivity index (χ2n) is 8.65. The normalized spacial score (nSPS) is 22.4. The van der Waals surface area contributed by atoms with Crippen molar-refractivity contribution in [1.82, 2.24) is 10.6 Å². The zero-order chi connectivity index (χ0) is 24.6. The van der Waals surface area contributed by atoms with Crippen LogP contribution in [0.4, 0.5) is 0 Å². The Labute approximate surface area is 202 Å². The fourth-order valence-corrected chi connectivity index (χ4v) is 3.80. The molecule has 2 amide bonds. The van der Waals surface area contributed by atoms with E-state index in [0.717, 1.165) is 24.8 Å². The van der Waals surface area contributed by atoms with E-state index in [1.807, 2.05) is 42.5 Å². The van der Waals surface area contributed by atoms with Gasteiger partial charge in [0.25, 0.3) is 0 Å². The minimum Gasteiger partial charge on any atom is -0.463 e. The van der Waals surface area contributed by atoms with E-state index in [4.69, 9.17) is 14.6 Å². The summed E-state index contributed by atoms with van der Waals surface area (Å²) >= 11 is 0. The highest BCUT2D eigenvalue weighted by Crippen LogP contribution is 2.19. The quantitative estimate of drug-likeness (QED) is 0.287. The molecule has 1 aromatic rings. The van der Waals surface area contributed by atoms with Gasteiger partial charge in [-0.3, -0.25) is 14.4 Å². The van der Waals surface area contributed by atoms with Crippen LogP contribution in [0, 0.1) is 11.8 Å². The van der Waals surface area contributed by atoms with Gasteiger partial charge < -0.3 is 25.2 Å². The van der Waals surface area contributed by atoms with Crippen molar-refractivity contribution in [3.63, 3.8) is 0 Å². The van der Waals surface area contributed by atoms with E-state index in [1.165, 1.54) is 0 Å². The summed E-state index contributed by atoms with van der Waals surface area (Å²) < 4.78 is 10.7. The van der Waals surface area contributed by atoms with Crippen molar-refractivity contribution in [2.45, 2.75) is 51.5 Å². The smallest absolute Gasteiger partial charge is 0.309 e. The van der Waals surface area contributed by atoms with Crippen LogP contribution in [0.25, 0.3) is 0 Å². The van der Waals surface area contributed by atoms with Gasteiger partial charge in [-0.25, -0.2) is 0 Å². The molecule has 1 heterocycles. The van der Waals surface area contributed by atoms with Gasteiger partial charge in [0, 0.05) is 13.0 Å². The van der Waals surface area contributed by atoms with Gasteiger partial charge in [-0.15, -0.1) is 0 Å². The molecule has 188 valence electrons. The first-order valence-electron chi connectivity index (χ1n) is 12.1. The van der Waals surface area contributed by atoms with Gasteiger partial charge in [0.2, 0.25) is 11.8 Å². The molecule has 0 bridgehead atoms. The van der Waals surface area contributed by atoms with Crippen molar-refractivity contribution in [3.05, 3.63) is 48.0 Å². The first-order valence-corrected chi connectivity index (χ1v) is 12.1. The van der Waals surface area contributed by atoms with E-state index in [9.17, 15) is 14.4 Å². The molecule has 1 aromatic carbocycles. The van der Waals surface area contributed by atoms with Gasteiger partial charge in [0.05, 0.1) is 37.7 Å². The van der Waals surface area contributed by atoms with Gasteiger partial charge >= 0.3 is 5.97 Å². The highest BCUT2D eigenvalue weighted by atomic mass is 16.5. The molecule has 1 aliphatic heterocycles. The van der Waals surface area contributed by atoms with E-state index >= 15 is 0 Å². The molecule has 0 fully saturated rings. The summed E-state index contributed by atoms with van der Waals surface area (Å²) in [4.78, 5) is 37.9. The molecule has 1 aliphatic rings. The van der Waals surface area contributed by atoms with Crippen LogP contribution in [-0.4, -0.2) is 61.9 Å². The van der Waals surface area contributed by atoms with Crippen LogP contribution < -0.4 is 10.6 Å². The topological polar surface area (TPSA) is 114 Å². The number of aliphatic hydroxyl groups is 1. The fraction of sp³-hybridized carbons (Fsp3) is 0.577. The van der Waals surface area contributed by atoms with Crippen molar-refractivity contribution in [2.24, 2.45) is 11.8 Å². The molecular weight excluding hydrogens is 436 g/mol. The molecule has 0 spiro atoms. The number of nitrogens with one attached hydrogen (secondary N) is 2. The molecule has 3 N–H and O–H groups in total. The number of carbonyl (C=O) groups excluding carboxylic acids is 3. The van der Waals surface area contributed by atoms with Gasteiger partial charge in [0.1, 0.15) is 6.61 Å². The molecule has 0 aliphatic carbocycles. The maximum atomic E-state index is 12.8. The van der Waals surface area contributed by atoms with Crippen LogP contribution in [0.15, 0.2) is 42.5 Å². The Hall–Kier alpha value is -2.71. The predicted molar refractivity (Wildman–Crippen MR) is 129 cm³/mol. The lowest BCUT2D eigenvalue weighted by molar-refractivity contribution is -0.150. The summed E-state index contributed by atoms with van der Waals surface area (Å²) in [6.45, 7) is 2.66. The molecule has 8 nitrogen and oxygen atoms in total. The van der Waals surface area contributed by atoms with Crippen molar-refractivity contribution in [3.8, 4) is 0 Å². The highest BCUT2D eigenvalue weighted by Gasteiger charge is 2.25. The molecule has 3 atom stereocenters. The Kier molecular flexibility index (Phi) is 13.0. The van der Waals surface area contributed by atoms with Crippen LogP contribution in [0.1, 0.15) is 44.6 Å². The summed E-state index contributed by atoms with van der Waals surface area (Å²) in [6, 6.07) is 9.55. The van der Waals surface area contributed by atoms with Crippen LogP contribution >= 0.6 is 0 Å². The van der Waals surface area contributed by atoms with E-state index in [2.05, 4.69) is 10.6 Å². The molecule has 2 rings (SSSR count). The number of allylic oxidation sites excluding steroid dienone is 2. The Morgan fingerprint density at radius 3 is 2.74 bits per heavy atom. The second kappa shape index (κ2) is 16.0. The van der Waals surface area contributed by atoms with Crippen LogP contribution in [0.3, 0.4) is 0 Å². The lowest BCUT2D eigenvalue weighted by atomic mass is 9.93. The monoisotopic (exact) mass is 474 g/mol. The SMILES string of the molecule is CC1COC(=O)C(Cc2ccccc2)CCCC=CCC(CC(=O)NCCOCCO)C(=O)N1. The lowest BCUT2D eigenvalue weighted by Crippen LogP contribution is -2.42. The first-order chi connectivity index (χ1) is 16.5. The molecule has 0 aromatic heterocycles. The molecule has 3 unspecified atom stereocenters. The van der Waals surface area contributed by atoms with Crippen molar-refractivity contribution < 1.29 is 29.0 Å². The molecule has 0 saturated carbocycles. The van der Waals surface area contributed by atoms with Gasteiger partial charge in [-0.1, -0.05) is 42.5 Å². The third kappa shape index (κ3) is 10.9. The number of rotatable bonds is 9. The number of esters is 1. The van der Waals surface area contributed by atoms with Gasteiger partial charge in [-0.2, -0.15) is 0 Å². The standard InChI is InChI=1S/C26H38N2O6/c1-20-19-34-26(32)23(17-21-9-5-4-6-10-21)12-8-3-2-7-11-22(25(31)28-20)18-24(30)27-13-15-33-16-14-29/h2,4-7,9-10,20,22-23,29H,3,8,11-19H2,1H3,(H,27,30)(H,28,31). The summed E-state index contributed by atoms with van der Waals surface area (Å²) in [5, 5.41) is 14.3. The summed E-state index contributed by atoms with van der Waals surface area (Å²) in [5.41, 5.74) is 1.10. The van der Waals surface area contributed by atoms with E-state index < -0.39 is 5.92 Å². The van der Waals surface area contributed by atoms with E-state index in [-0.39, 0.29) is 56.0 Å². The number of aliphatic hydroxyl groups excluding tert-OH is 1. The Morgan fingerprint density at radius 2 is 1.97 bits per heavy atom. The number of hydrogen-bond acceptors (Lipinski definition) is 6. The summed E-state index contributed by atoms with van der Waals surface area (Å²) in [6.07, 6.45) is 7.46. The Balaban J connectivity index is 1.94. The van der Waals surface area contributed by atoms with Crippen LogP contribution in [0.5, 0.6) is 0 Å². The average molecular weight is 475 g/mol. The Morgan fingerprint density at radius 1 is 1.18 bits per heavy atom. The number of carbonyl (C=O) groups is 3. The molecular formula is C26H38N2O6. The fourth-order valence-electron chi connectivity index (χ4n) is 3.80. The largest absolute Gasteiger partial charge is 0.463 e. The molecule has 0 saturated heterocycles. The molecule has 8 heteroatoms. The minimum atomic E-state index is -0.512. The van der Waals surface area contributed by atoms with Crippen molar-refractivity contribution in [1.29, 1.82) is 0 Å². The number of ether oxygens (including phenoxy) is 2. The first kappa shape index (κ1) is 27.5. The zero-order valence-corrected chi connectivity index (χ0v) is 20.0. The average Bonchev–Trinajstić information content (AvgIpc) is 2.83. The van der Waals surface area contributed by atoms with Crippen LogP contribution in [0.2, 0.25) is 0 Å². The number of benzene rings is 1. The number of cyclic esters (lactones) is 1. The predicted octanol–water partition coefficient (Wildman–Crippen LogP) is 2.15. The lowest BCUT2D eigenvalue weighted by Gasteiger charge is -2.21. The van der Waals surface area contributed by atoms with Gasteiger partial charge in [-0.05, 0) is 44.6 Å². The molecule has 34 heavy (non-hydrogen) atoms. The summed E-state index contributed by atoms with van der Waals surface area (Å²) in [5.74, 6) is -1.45. The Bertz CT molecular complexity index is 783. The molecule has 0 radical (unpaired) electrons. The maximum Gasteiger partial charge on any atom is 0.309 e. The third-order valence-corrected chi connectivity index (χ3v) is 5.64. The van der Waals surface area contributed by atoms with Crippen molar-refractivity contribution in [2.75, 3.05) is 33.0 Å². The number of amides is 2. The van der Waals surface area contributed by atoms with Crippen molar-refractivity contribution >= 4 is 17.8 Å². The van der Waals surface area contributed by atoms with E-state index in [1.54, 1.807) is 6.92 Å². The third-order valence-electron chi connectivity index (χ3n) is 5.64. The maximum absolute atomic E-state index is 12.8. The van der Waals surface area contributed by atoms with Crippen LogP contribution in [-0.2, 0) is 30.3 Å². The second-order valence-corrected chi connectivity index (χ2v) is 8.65. The minimum absolute atomic E-state index is 0.0574. The zero-order valence-electron chi connectivity index (χ0n) is 20.0.